The van der Waals surface area contributed by atoms with Gasteiger partial charge in [0.1, 0.15) is 11.4 Å². The normalized spacial score (nSPS) is 10.9. The summed E-state index contributed by atoms with van der Waals surface area (Å²) < 4.78 is 5.18. The minimum atomic E-state index is -0.281. The Morgan fingerprint density at radius 2 is 1.91 bits per heavy atom. The van der Waals surface area contributed by atoms with Crippen LogP contribution in [0.3, 0.4) is 0 Å². The van der Waals surface area contributed by atoms with Crippen LogP contribution in [-0.4, -0.2) is 23.5 Å². The SMILES string of the molecule is COc1cccc(Nc2ccc(C(=O)NC(C)(C)C)nc2)c1. The van der Waals surface area contributed by atoms with E-state index in [9.17, 15) is 4.79 Å². The fraction of sp³-hybridized carbons (Fsp3) is 0.294. The summed E-state index contributed by atoms with van der Waals surface area (Å²) >= 11 is 0. The molecule has 1 aromatic carbocycles. The molecule has 116 valence electrons. The molecule has 0 fully saturated rings. The molecule has 22 heavy (non-hydrogen) atoms. The zero-order valence-corrected chi connectivity index (χ0v) is 13.3. The van der Waals surface area contributed by atoms with Crippen molar-refractivity contribution in [2.75, 3.05) is 12.4 Å². The van der Waals surface area contributed by atoms with Gasteiger partial charge in [0.2, 0.25) is 0 Å². The van der Waals surface area contributed by atoms with Crippen LogP contribution in [0.1, 0.15) is 31.3 Å². The maximum absolute atomic E-state index is 12.0. The third-order valence-electron chi connectivity index (χ3n) is 2.84. The number of aromatic nitrogens is 1. The monoisotopic (exact) mass is 299 g/mol. The molecular weight excluding hydrogens is 278 g/mol. The summed E-state index contributed by atoms with van der Waals surface area (Å²) in [5, 5.41) is 6.10. The van der Waals surface area contributed by atoms with Gasteiger partial charge in [-0.25, -0.2) is 4.98 Å². The molecule has 0 aliphatic carbocycles. The summed E-state index contributed by atoms with van der Waals surface area (Å²) in [6.45, 7) is 5.80. The largest absolute Gasteiger partial charge is 0.497 e. The third-order valence-corrected chi connectivity index (χ3v) is 2.84. The van der Waals surface area contributed by atoms with E-state index in [0.717, 1.165) is 17.1 Å². The zero-order chi connectivity index (χ0) is 16.2. The molecule has 1 heterocycles. The molecule has 0 spiro atoms. The molecule has 5 nitrogen and oxygen atoms in total. The minimum Gasteiger partial charge on any atom is -0.497 e. The van der Waals surface area contributed by atoms with Crippen molar-refractivity contribution in [3.63, 3.8) is 0 Å². The number of amides is 1. The lowest BCUT2D eigenvalue weighted by Gasteiger charge is -2.20. The summed E-state index contributed by atoms with van der Waals surface area (Å²) in [5.74, 6) is 0.597. The zero-order valence-electron chi connectivity index (χ0n) is 13.3. The fourth-order valence-electron chi connectivity index (χ4n) is 1.87. The highest BCUT2D eigenvalue weighted by molar-refractivity contribution is 5.92. The molecule has 2 rings (SSSR count). The maximum atomic E-state index is 12.0. The van der Waals surface area contributed by atoms with Crippen LogP contribution in [0, 0.1) is 0 Å². The van der Waals surface area contributed by atoms with Crippen molar-refractivity contribution >= 4 is 17.3 Å². The Balaban J connectivity index is 2.07. The van der Waals surface area contributed by atoms with Gasteiger partial charge in [-0.2, -0.15) is 0 Å². The van der Waals surface area contributed by atoms with E-state index < -0.39 is 0 Å². The highest BCUT2D eigenvalue weighted by Gasteiger charge is 2.15. The first-order valence-electron chi connectivity index (χ1n) is 7.07. The first-order chi connectivity index (χ1) is 10.4. The molecule has 2 N–H and O–H groups in total. The molecule has 0 saturated carbocycles. The smallest absolute Gasteiger partial charge is 0.270 e. The molecule has 0 radical (unpaired) electrons. The van der Waals surface area contributed by atoms with Crippen LogP contribution in [0.4, 0.5) is 11.4 Å². The van der Waals surface area contributed by atoms with Crippen LogP contribution in [0.5, 0.6) is 5.75 Å². The Kier molecular flexibility index (Phi) is 4.65. The van der Waals surface area contributed by atoms with Crippen molar-refractivity contribution < 1.29 is 9.53 Å². The van der Waals surface area contributed by atoms with E-state index in [1.807, 2.05) is 51.1 Å². The van der Waals surface area contributed by atoms with Gasteiger partial charge in [-0.3, -0.25) is 4.79 Å². The van der Waals surface area contributed by atoms with Crippen LogP contribution in [0.2, 0.25) is 0 Å². The molecular formula is C17H21N3O2. The van der Waals surface area contributed by atoms with Gasteiger partial charge in [-0.1, -0.05) is 6.07 Å². The van der Waals surface area contributed by atoms with E-state index in [4.69, 9.17) is 4.74 Å². The molecule has 0 saturated heterocycles. The predicted molar refractivity (Wildman–Crippen MR) is 87.7 cm³/mol. The Bertz CT molecular complexity index is 646. The summed E-state index contributed by atoms with van der Waals surface area (Å²) in [6.07, 6.45) is 1.64. The minimum absolute atomic E-state index is 0.180. The number of pyridine rings is 1. The van der Waals surface area contributed by atoms with Crippen LogP contribution in [0.15, 0.2) is 42.6 Å². The Hall–Kier alpha value is -2.56. The van der Waals surface area contributed by atoms with Gasteiger partial charge in [0, 0.05) is 17.3 Å². The molecule has 5 heteroatoms. The molecule has 0 aliphatic rings. The fourth-order valence-corrected chi connectivity index (χ4v) is 1.87. The van der Waals surface area contributed by atoms with Gasteiger partial charge in [0.15, 0.2) is 0 Å². The van der Waals surface area contributed by atoms with Crippen LogP contribution < -0.4 is 15.4 Å². The van der Waals surface area contributed by atoms with Gasteiger partial charge in [0.05, 0.1) is 19.0 Å². The number of benzene rings is 1. The van der Waals surface area contributed by atoms with Crippen LogP contribution >= 0.6 is 0 Å². The molecule has 0 unspecified atom stereocenters. The topological polar surface area (TPSA) is 63.2 Å². The first kappa shape index (κ1) is 15.8. The number of hydrogen-bond acceptors (Lipinski definition) is 4. The number of methoxy groups -OCH3 is 1. The number of hydrogen-bond donors (Lipinski definition) is 2. The number of ether oxygens (including phenoxy) is 1. The van der Waals surface area contributed by atoms with Crippen molar-refractivity contribution in [2.45, 2.75) is 26.3 Å². The lowest BCUT2D eigenvalue weighted by atomic mass is 10.1. The third kappa shape index (κ3) is 4.48. The molecule has 0 bridgehead atoms. The second-order valence-corrected chi connectivity index (χ2v) is 5.99. The van der Waals surface area contributed by atoms with Crippen LogP contribution in [-0.2, 0) is 0 Å². The van der Waals surface area contributed by atoms with E-state index >= 15 is 0 Å². The number of rotatable bonds is 4. The van der Waals surface area contributed by atoms with Crippen molar-refractivity contribution in [1.29, 1.82) is 0 Å². The second-order valence-electron chi connectivity index (χ2n) is 5.99. The number of carbonyl (C=O) groups is 1. The Labute approximate surface area is 130 Å². The van der Waals surface area contributed by atoms with E-state index in [1.54, 1.807) is 19.4 Å². The van der Waals surface area contributed by atoms with Gasteiger partial charge in [-0.15, -0.1) is 0 Å². The Morgan fingerprint density at radius 1 is 1.14 bits per heavy atom. The Morgan fingerprint density at radius 3 is 2.50 bits per heavy atom. The molecule has 1 amide bonds. The maximum Gasteiger partial charge on any atom is 0.270 e. The molecule has 2 aromatic rings. The number of nitrogens with one attached hydrogen (secondary N) is 2. The van der Waals surface area contributed by atoms with Crippen molar-refractivity contribution in [3.05, 3.63) is 48.3 Å². The summed E-state index contributed by atoms with van der Waals surface area (Å²) in [7, 11) is 1.63. The summed E-state index contributed by atoms with van der Waals surface area (Å²) in [5.41, 5.74) is 1.82. The van der Waals surface area contributed by atoms with Gasteiger partial charge >= 0.3 is 0 Å². The number of carbonyl (C=O) groups excluding carboxylic acids is 1. The lowest BCUT2D eigenvalue weighted by molar-refractivity contribution is 0.0914. The second kappa shape index (κ2) is 6.47. The van der Waals surface area contributed by atoms with Crippen molar-refractivity contribution in [1.82, 2.24) is 10.3 Å². The van der Waals surface area contributed by atoms with Crippen molar-refractivity contribution in [3.8, 4) is 5.75 Å². The average Bonchev–Trinajstić information content (AvgIpc) is 2.46. The average molecular weight is 299 g/mol. The van der Waals surface area contributed by atoms with Gasteiger partial charge < -0.3 is 15.4 Å². The first-order valence-corrected chi connectivity index (χ1v) is 7.07. The van der Waals surface area contributed by atoms with E-state index in [0.29, 0.717) is 5.69 Å². The molecule has 0 aliphatic heterocycles. The number of anilines is 2. The van der Waals surface area contributed by atoms with E-state index in [-0.39, 0.29) is 11.4 Å². The molecule has 1 aromatic heterocycles. The predicted octanol–water partition coefficient (Wildman–Crippen LogP) is 3.36. The molecule has 0 atom stereocenters. The van der Waals surface area contributed by atoms with Crippen LogP contribution in [0.25, 0.3) is 0 Å². The van der Waals surface area contributed by atoms with Crippen molar-refractivity contribution in [2.24, 2.45) is 0 Å². The summed E-state index contributed by atoms with van der Waals surface area (Å²) in [6, 6.07) is 11.1. The van der Waals surface area contributed by atoms with Gasteiger partial charge in [0.25, 0.3) is 5.91 Å². The van der Waals surface area contributed by atoms with Gasteiger partial charge in [-0.05, 0) is 45.0 Å². The summed E-state index contributed by atoms with van der Waals surface area (Å²) in [4.78, 5) is 16.2. The lowest BCUT2D eigenvalue weighted by Crippen LogP contribution is -2.40. The quantitative estimate of drug-likeness (QED) is 0.908. The highest BCUT2D eigenvalue weighted by Crippen LogP contribution is 2.20. The standard InChI is InChI=1S/C17H21N3O2/c1-17(2,3)20-16(21)15-9-8-13(11-18-15)19-12-6-5-7-14(10-12)22-4/h5-11,19H,1-4H3,(H,20,21). The number of nitrogens with zero attached hydrogens (tertiary/aromatic N) is 1. The highest BCUT2D eigenvalue weighted by atomic mass is 16.5. The van der Waals surface area contributed by atoms with E-state index in [1.165, 1.54) is 0 Å². The van der Waals surface area contributed by atoms with E-state index in [2.05, 4.69) is 15.6 Å².